The molecule has 1 aliphatic rings. The van der Waals surface area contributed by atoms with Crippen LogP contribution in [0.15, 0.2) is 59.1 Å². The Balaban J connectivity index is 1.44. The molecule has 1 saturated heterocycles. The first-order chi connectivity index (χ1) is 11.3. The summed E-state index contributed by atoms with van der Waals surface area (Å²) in [5.74, 6) is 0.759. The molecule has 1 atom stereocenters. The number of nitrogens with one attached hydrogen (secondary N) is 1. The summed E-state index contributed by atoms with van der Waals surface area (Å²) in [4.78, 5) is 2.60. The molecule has 0 amide bonds. The Morgan fingerprint density at radius 1 is 1.04 bits per heavy atom. The molecular formula is C20H25BrN2. The average Bonchev–Trinajstić information content (AvgIpc) is 2.58. The standard InChI is InChI=1S/C20H25BrN2/c21-20-11-5-4-10-19(20)14-22-13-18-9-6-12-23(16-18)15-17-7-2-1-3-8-17/h1-5,7-8,10-11,18,22H,6,9,12-16H2. The summed E-state index contributed by atoms with van der Waals surface area (Å²) >= 11 is 3.62. The molecule has 0 aromatic heterocycles. The van der Waals surface area contributed by atoms with E-state index in [0.29, 0.717) is 0 Å². The van der Waals surface area contributed by atoms with Crippen molar-refractivity contribution in [1.29, 1.82) is 0 Å². The van der Waals surface area contributed by atoms with Gasteiger partial charge in [0.1, 0.15) is 0 Å². The molecule has 1 unspecified atom stereocenters. The van der Waals surface area contributed by atoms with E-state index in [-0.39, 0.29) is 0 Å². The zero-order valence-electron chi connectivity index (χ0n) is 13.5. The third-order valence-corrected chi connectivity index (χ3v) is 5.33. The Kier molecular flexibility index (Phi) is 6.26. The third kappa shape index (κ3) is 5.17. The van der Waals surface area contributed by atoms with Crippen molar-refractivity contribution in [3.8, 4) is 0 Å². The zero-order chi connectivity index (χ0) is 15.9. The van der Waals surface area contributed by atoms with Gasteiger partial charge in [0.2, 0.25) is 0 Å². The van der Waals surface area contributed by atoms with Crippen molar-refractivity contribution in [2.45, 2.75) is 25.9 Å². The van der Waals surface area contributed by atoms with Gasteiger partial charge < -0.3 is 5.32 Å². The molecule has 0 spiro atoms. The molecule has 1 N–H and O–H groups in total. The molecule has 0 radical (unpaired) electrons. The van der Waals surface area contributed by atoms with Gasteiger partial charge in [-0.1, -0.05) is 64.5 Å². The fourth-order valence-electron chi connectivity index (χ4n) is 3.36. The fraction of sp³-hybridized carbons (Fsp3) is 0.400. The number of piperidine rings is 1. The smallest absolute Gasteiger partial charge is 0.0233 e. The van der Waals surface area contributed by atoms with E-state index in [4.69, 9.17) is 0 Å². The lowest BCUT2D eigenvalue weighted by atomic mass is 9.97. The summed E-state index contributed by atoms with van der Waals surface area (Å²) in [6, 6.07) is 19.3. The number of rotatable bonds is 6. The SMILES string of the molecule is Brc1ccccc1CNCC1CCCN(Cc2ccccc2)C1. The minimum absolute atomic E-state index is 0.759. The summed E-state index contributed by atoms with van der Waals surface area (Å²) in [6.07, 6.45) is 2.66. The summed E-state index contributed by atoms with van der Waals surface area (Å²) in [5, 5.41) is 3.64. The highest BCUT2D eigenvalue weighted by atomic mass is 79.9. The Bertz CT molecular complexity index is 600. The number of hydrogen-bond acceptors (Lipinski definition) is 2. The maximum atomic E-state index is 3.64. The second-order valence-electron chi connectivity index (χ2n) is 6.45. The first-order valence-electron chi connectivity index (χ1n) is 8.51. The molecule has 23 heavy (non-hydrogen) atoms. The van der Waals surface area contributed by atoms with Crippen LogP contribution in [0.2, 0.25) is 0 Å². The summed E-state index contributed by atoms with van der Waals surface area (Å²) < 4.78 is 1.20. The van der Waals surface area contributed by atoms with E-state index >= 15 is 0 Å². The van der Waals surface area contributed by atoms with Crippen LogP contribution in [0.25, 0.3) is 0 Å². The van der Waals surface area contributed by atoms with Gasteiger partial charge in [-0.15, -0.1) is 0 Å². The van der Waals surface area contributed by atoms with Crippen LogP contribution in [0, 0.1) is 5.92 Å². The van der Waals surface area contributed by atoms with Gasteiger partial charge in [-0.05, 0) is 49.0 Å². The highest BCUT2D eigenvalue weighted by Crippen LogP contribution is 2.19. The lowest BCUT2D eigenvalue weighted by Gasteiger charge is -2.33. The van der Waals surface area contributed by atoms with Crippen LogP contribution in [-0.2, 0) is 13.1 Å². The molecule has 1 heterocycles. The average molecular weight is 373 g/mol. The van der Waals surface area contributed by atoms with E-state index in [1.54, 1.807) is 0 Å². The third-order valence-electron chi connectivity index (χ3n) is 4.56. The van der Waals surface area contributed by atoms with Gasteiger partial charge in [0.25, 0.3) is 0 Å². The minimum Gasteiger partial charge on any atom is -0.312 e. The monoisotopic (exact) mass is 372 g/mol. The molecular weight excluding hydrogens is 348 g/mol. The van der Waals surface area contributed by atoms with E-state index in [1.165, 1.54) is 41.5 Å². The van der Waals surface area contributed by atoms with Gasteiger partial charge in [0.15, 0.2) is 0 Å². The van der Waals surface area contributed by atoms with Gasteiger partial charge in [-0.3, -0.25) is 4.90 Å². The van der Waals surface area contributed by atoms with Crippen LogP contribution < -0.4 is 5.32 Å². The topological polar surface area (TPSA) is 15.3 Å². The van der Waals surface area contributed by atoms with Gasteiger partial charge in [0, 0.05) is 24.1 Å². The predicted octanol–water partition coefficient (Wildman–Crippen LogP) is 4.45. The van der Waals surface area contributed by atoms with Crippen molar-refractivity contribution in [2.75, 3.05) is 19.6 Å². The van der Waals surface area contributed by atoms with E-state index < -0.39 is 0 Å². The van der Waals surface area contributed by atoms with Gasteiger partial charge >= 0.3 is 0 Å². The van der Waals surface area contributed by atoms with Crippen LogP contribution >= 0.6 is 15.9 Å². The highest BCUT2D eigenvalue weighted by molar-refractivity contribution is 9.10. The van der Waals surface area contributed by atoms with Crippen LogP contribution in [0.4, 0.5) is 0 Å². The Labute approximate surface area is 148 Å². The quantitative estimate of drug-likeness (QED) is 0.805. The molecule has 0 bridgehead atoms. The summed E-state index contributed by atoms with van der Waals surface area (Å²) in [5.41, 5.74) is 2.76. The summed E-state index contributed by atoms with van der Waals surface area (Å²) in [7, 11) is 0. The molecule has 2 aromatic carbocycles. The molecule has 3 heteroatoms. The number of benzene rings is 2. The number of likely N-dealkylation sites (tertiary alicyclic amines) is 1. The zero-order valence-corrected chi connectivity index (χ0v) is 15.1. The molecule has 2 nitrogen and oxygen atoms in total. The fourth-order valence-corrected chi connectivity index (χ4v) is 3.78. The molecule has 3 rings (SSSR count). The Morgan fingerprint density at radius 3 is 2.65 bits per heavy atom. The highest BCUT2D eigenvalue weighted by Gasteiger charge is 2.19. The second kappa shape index (κ2) is 8.62. The maximum absolute atomic E-state index is 3.64. The Hall–Kier alpha value is -1.16. The van der Waals surface area contributed by atoms with E-state index in [9.17, 15) is 0 Å². The molecule has 122 valence electrons. The first-order valence-corrected chi connectivity index (χ1v) is 9.31. The number of hydrogen-bond donors (Lipinski definition) is 1. The van der Waals surface area contributed by atoms with Crippen LogP contribution in [0.1, 0.15) is 24.0 Å². The number of halogens is 1. The van der Waals surface area contributed by atoms with Crippen LogP contribution in [0.5, 0.6) is 0 Å². The minimum atomic E-state index is 0.759. The molecule has 2 aromatic rings. The van der Waals surface area contributed by atoms with Crippen LogP contribution in [0.3, 0.4) is 0 Å². The maximum Gasteiger partial charge on any atom is 0.0233 e. The molecule has 1 aliphatic heterocycles. The van der Waals surface area contributed by atoms with E-state index in [2.05, 4.69) is 80.7 Å². The van der Waals surface area contributed by atoms with Crippen LogP contribution in [-0.4, -0.2) is 24.5 Å². The first kappa shape index (κ1) is 16.7. The number of nitrogens with zero attached hydrogens (tertiary/aromatic N) is 1. The largest absolute Gasteiger partial charge is 0.312 e. The molecule has 0 saturated carbocycles. The normalized spacial score (nSPS) is 18.9. The molecule has 1 fully saturated rings. The summed E-state index contributed by atoms with van der Waals surface area (Å²) in [6.45, 7) is 5.57. The molecule has 0 aliphatic carbocycles. The second-order valence-corrected chi connectivity index (χ2v) is 7.31. The lowest BCUT2D eigenvalue weighted by Crippen LogP contribution is -2.39. The van der Waals surface area contributed by atoms with Gasteiger partial charge in [-0.25, -0.2) is 0 Å². The lowest BCUT2D eigenvalue weighted by molar-refractivity contribution is 0.165. The van der Waals surface area contributed by atoms with E-state index in [0.717, 1.165) is 25.6 Å². The predicted molar refractivity (Wildman–Crippen MR) is 100 cm³/mol. The van der Waals surface area contributed by atoms with Gasteiger partial charge in [-0.2, -0.15) is 0 Å². The van der Waals surface area contributed by atoms with Crippen molar-refractivity contribution in [1.82, 2.24) is 10.2 Å². The van der Waals surface area contributed by atoms with Crippen molar-refractivity contribution in [3.05, 3.63) is 70.2 Å². The van der Waals surface area contributed by atoms with E-state index in [1.807, 2.05) is 0 Å². The van der Waals surface area contributed by atoms with Crippen molar-refractivity contribution in [2.24, 2.45) is 5.92 Å². The Morgan fingerprint density at radius 2 is 1.83 bits per heavy atom. The van der Waals surface area contributed by atoms with Crippen molar-refractivity contribution >= 4 is 15.9 Å². The van der Waals surface area contributed by atoms with Crippen molar-refractivity contribution in [3.63, 3.8) is 0 Å². The van der Waals surface area contributed by atoms with Crippen molar-refractivity contribution < 1.29 is 0 Å². The van der Waals surface area contributed by atoms with Gasteiger partial charge in [0.05, 0.1) is 0 Å².